The van der Waals surface area contributed by atoms with Crippen LogP contribution < -0.4 is 0 Å². The first-order valence-corrected chi connectivity index (χ1v) is 9.43. The van der Waals surface area contributed by atoms with Crippen LogP contribution in [0, 0.1) is 11.8 Å². The highest BCUT2D eigenvalue weighted by Crippen LogP contribution is 2.73. The van der Waals surface area contributed by atoms with E-state index in [4.69, 9.17) is 0 Å². The molecule has 0 aromatic carbocycles. The molecule has 4 heteroatoms. The quantitative estimate of drug-likeness (QED) is 0.255. The Morgan fingerprint density at radius 1 is 0.714 bits per heavy atom. The summed E-state index contributed by atoms with van der Waals surface area (Å²) in [6.07, 6.45) is 7.49. The van der Waals surface area contributed by atoms with Gasteiger partial charge in [-0.3, -0.25) is 0 Å². The second-order valence-electron chi connectivity index (χ2n) is 5.29. The first-order chi connectivity index (χ1) is 6.36. The molecule has 0 spiro atoms. The van der Waals surface area contributed by atoms with Crippen molar-refractivity contribution in [3.05, 3.63) is 0 Å². The first kappa shape index (κ1) is 12.0. The summed E-state index contributed by atoms with van der Waals surface area (Å²) in [5.74, 6) is 2.10. The Morgan fingerprint density at radius 2 is 1.07 bits per heavy atom. The molecular formula is C10H12I4. The van der Waals surface area contributed by atoms with Crippen LogP contribution in [0.2, 0.25) is 0 Å². The van der Waals surface area contributed by atoms with Gasteiger partial charge in [0.25, 0.3) is 0 Å². The van der Waals surface area contributed by atoms with Crippen LogP contribution >= 0.6 is 90.4 Å². The average Bonchev–Trinajstić information content (AvgIpc) is 1.98. The summed E-state index contributed by atoms with van der Waals surface area (Å²) in [5, 5.41) is 0. The minimum Gasteiger partial charge on any atom is -0.0765 e. The maximum absolute atomic E-state index is 2.80. The molecule has 0 aromatic rings. The van der Waals surface area contributed by atoms with Gasteiger partial charge in [0.2, 0.25) is 0 Å². The highest BCUT2D eigenvalue weighted by atomic mass is 127. The molecule has 4 fully saturated rings. The van der Waals surface area contributed by atoms with Crippen molar-refractivity contribution < 1.29 is 0 Å². The minimum absolute atomic E-state index is 0.490. The molecule has 0 unspecified atom stereocenters. The molecule has 0 heterocycles. The van der Waals surface area contributed by atoms with Crippen molar-refractivity contribution in [2.24, 2.45) is 11.8 Å². The van der Waals surface area contributed by atoms with E-state index in [2.05, 4.69) is 90.4 Å². The molecule has 0 atom stereocenters. The van der Waals surface area contributed by atoms with Crippen molar-refractivity contribution in [3.8, 4) is 0 Å². The zero-order valence-electron chi connectivity index (χ0n) is 7.70. The third-order valence-electron chi connectivity index (χ3n) is 4.24. The number of alkyl halides is 4. The molecule has 0 amide bonds. The molecule has 0 saturated heterocycles. The first-order valence-electron chi connectivity index (χ1n) is 5.12. The summed E-state index contributed by atoms with van der Waals surface area (Å²) in [4.78, 5) is 0. The van der Waals surface area contributed by atoms with Crippen LogP contribution in [0.4, 0.5) is 0 Å². The van der Waals surface area contributed by atoms with Gasteiger partial charge in [-0.15, -0.1) is 0 Å². The van der Waals surface area contributed by atoms with Crippen molar-refractivity contribution in [2.75, 3.05) is 0 Å². The normalized spacial score (nSPS) is 59.1. The van der Waals surface area contributed by atoms with Crippen molar-refractivity contribution in [2.45, 2.75) is 40.4 Å². The van der Waals surface area contributed by atoms with E-state index in [1.54, 1.807) is 6.42 Å². The largest absolute Gasteiger partial charge is 0.102 e. The topological polar surface area (TPSA) is 0 Å². The van der Waals surface area contributed by atoms with Gasteiger partial charge in [-0.1, -0.05) is 90.4 Å². The monoisotopic (exact) mass is 640 g/mol. The average molecular weight is 640 g/mol. The van der Waals surface area contributed by atoms with Gasteiger partial charge < -0.3 is 0 Å². The second kappa shape index (κ2) is 3.48. The molecule has 0 radical (unpaired) electrons. The predicted octanol–water partition coefficient (Wildman–Crippen LogP) is 5.12. The summed E-state index contributed by atoms with van der Waals surface area (Å²) < 4.78 is 1.68. The van der Waals surface area contributed by atoms with Gasteiger partial charge in [0, 0.05) is 6.84 Å². The van der Waals surface area contributed by atoms with Gasteiger partial charge in [0.15, 0.2) is 0 Å². The van der Waals surface area contributed by atoms with E-state index in [9.17, 15) is 0 Å². The standard InChI is InChI=1S/C10H12I4/c11-8-2-6-1-7(4-8)5-9(12,3-6)10(8,13)14/h6-7H,1-5H2. The van der Waals surface area contributed by atoms with Crippen LogP contribution in [0.1, 0.15) is 32.1 Å². The van der Waals surface area contributed by atoms with Crippen molar-refractivity contribution in [3.63, 3.8) is 0 Å². The van der Waals surface area contributed by atoms with Gasteiger partial charge in [-0.05, 0) is 43.9 Å². The molecule has 0 nitrogen and oxygen atoms in total. The molecule has 4 rings (SSSR count). The van der Waals surface area contributed by atoms with Crippen LogP contribution in [0.15, 0.2) is 0 Å². The molecule has 4 bridgehead atoms. The highest BCUT2D eigenvalue weighted by Gasteiger charge is 2.68. The highest BCUT2D eigenvalue weighted by molar-refractivity contribution is 14.2. The molecule has 0 N–H and O–H groups in total. The number of hydrogen-bond acceptors (Lipinski definition) is 0. The molecule has 4 saturated carbocycles. The fourth-order valence-electron chi connectivity index (χ4n) is 3.86. The van der Waals surface area contributed by atoms with Crippen LogP contribution in [0.25, 0.3) is 0 Å². The zero-order chi connectivity index (χ0) is 10.2. The van der Waals surface area contributed by atoms with Gasteiger partial charge in [-0.2, -0.15) is 0 Å². The van der Waals surface area contributed by atoms with Gasteiger partial charge in [0.05, 0.1) is 0 Å². The van der Waals surface area contributed by atoms with Crippen molar-refractivity contribution >= 4 is 90.4 Å². The van der Waals surface area contributed by atoms with Gasteiger partial charge >= 0.3 is 0 Å². The maximum atomic E-state index is 2.80. The number of rotatable bonds is 0. The lowest BCUT2D eigenvalue weighted by molar-refractivity contribution is 0.0786. The third-order valence-corrected chi connectivity index (χ3v) is 15.9. The van der Waals surface area contributed by atoms with E-state index in [0.717, 1.165) is 11.8 Å². The second-order valence-corrected chi connectivity index (χ2v) is 14.7. The van der Waals surface area contributed by atoms with E-state index in [1.807, 2.05) is 0 Å². The maximum Gasteiger partial charge on any atom is 0.102 e. The van der Waals surface area contributed by atoms with E-state index < -0.39 is 0 Å². The smallest absolute Gasteiger partial charge is 0.0765 e. The molecular weight excluding hydrogens is 628 g/mol. The van der Waals surface area contributed by atoms with Crippen LogP contribution in [0.3, 0.4) is 0 Å². The van der Waals surface area contributed by atoms with Crippen molar-refractivity contribution in [1.29, 1.82) is 0 Å². The molecule has 4 aliphatic carbocycles. The van der Waals surface area contributed by atoms with Gasteiger partial charge in [-0.25, -0.2) is 0 Å². The fraction of sp³-hybridized carbons (Fsp3) is 1.00. The summed E-state index contributed by atoms with van der Waals surface area (Å²) in [7, 11) is 0. The lowest BCUT2D eigenvalue weighted by Crippen LogP contribution is -2.66. The van der Waals surface area contributed by atoms with E-state index >= 15 is 0 Å². The third kappa shape index (κ3) is 1.43. The molecule has 14 heavy (non-hydrogen) atoms. The van der Waals surface area contributed by atoms with E-state index in [-0.39, 0.29) is 0 Å². The number of hydrogen-bond donors (Lipinski definition) is 0. The number of halogens is 4. The Kier molecular flexibility index (Phi) is 2.98. The van der Waals surface area contributed by atoms with Crippen LogP contribution in [0.5, 0.6) is 0 Å². The summed E-state index contributed by atoms with van der Waals surface area (Å²) in [6, 6.07) is 0. The van der Waals surface area contributed by atoms with Crippen molar-refractivity contribution in [1.82, 2.24) is 0 Å². The van der Waals surface area contributed by atoms with E-state index in [0.29, 0.717) is 8.27 Å². The van der Waals surface area contributed by atoms with Crippen LogP contribution in [-0.2, 0) is 0 Å². The Balaban J connectivity index is 2.10. The zero-order valence-corrected chi connectivity index (χ0v) is 16.3. The minimum atomic E-state index is 0.490. The summed E-state index contributed by atoms with van der Waals surface area (Å²) in [6.45, 7) is 0. The lowest BCUT2D eigenvalue weighted by atomic mass is 9.56. The Bertz CT molecular complexity index is 248. The molecule has 80 valence electrons. The lowest BCUT2D eigenvalue weighted by Gasteiger charge is -2.65. The van der Waals surface area contributed by atoms with Crippen LogP contribution in [-0.4, -0.2) is 8.27 Å². The predicted molar refractivity (Wildman–Crippen MR) is 94.3 cm³/mol. The molecule has 4 aliphatic rings. The van der Waals surface area contributed by atoms with E-state index in [1.165, 1.54) is 25.7 Å². The molecule has 0 aromatic heterocycles. The fourth-order valence-corrected chi connectivity index (χ4v) is 9.66. The Labute approximate surface area is 140 Å². The summed E-state index contributed by atoms with van der Waals surface area (Å²) >= 11 is 11.1. The SMILES string of the molecule is IC12CC3CC(C1)CC(I)(C3)C2(I)I. The Hall–Kier alpha value is 2.92. The summed E-state index contributed by atoms with van der Waals surface area (Å²) in [5.41, 5.74) is 0. The Morgan fingerprint density at radius 3 is 1.43 bits per heavy atom. The van der Waals surface area contributed by atoms with Gasteiger partial charge in [0.1, 0.15) is 1.43 Å². The molecule has 0 aliphatic heterocycles.